The van der Waals surface area contributed by atoms with Gasteiger partial charge in [-0.3, -0.25) is 33.2 Å². The average Bonchev–Trinajstić information content (AvgIpc) is 3.75. The summed E-state index contributed by atoms with van der Waals surface area (Å²) in [5.74, 6) is 0.467. The number of nitrogens with zero attached hydrogens (tertiary/aromatic N) is 3. The molecule has 3 aliphatic rings. The number of benzene rings is 3. The minimum atomic E-state index is -0.613. The topological polar surface area (TPSA) is 173 Å². The van der Waals surface area contributed by atoms with E-state index in [0.29, 0.717) is 82.4 Å². The van der Waals surface area contributed by atoms with Crippen LogP contribution < -0.4 is 0 Å². The summed E-state index contributed by atoms with van der Waals surface area (Å²) >= 11 is 5.98. The van der Waals surface area contributed by atoms with Crippen LogP contribution in [0, 0.1) is 0 Å². The molecule has 3 N–H and O–H groups in total. The number of unbranched alkanes of at least 4 members (excludes halogenated alkanes) is 6. The minimum Gasteiger partial charge on any atom is -0.542 e. The van der Waals surface area contributed by atoms with Crippen LogP contribution in [0.25, 0.3) is 0 Å². The van der Waals surface area contributed by atoms with Crippen molar-refractivity contribution in [3.63, 3.8) is 0 Å². The van der Waals surface area contributed by atoms with Crippen molar-refractivity contribution in [3.05, 3.63) is 180 Å². The number of halogens is 1. The Morgan fingerprint density at radius 2 is 0.733 bits per heavy atom. The second kappa shape index (κ2) is 64.7. The van der Waals surface area contributed by atoms with Crippen LogP contribution in [0.3, 0.4) is 0 Å². The van der Waals surface area contributed by atoms with Crippen LogP contribution in [0.5, 0.6) is 0 Å². The molecule has 90 heavy (non-hydrogen) atoms. The first-order valence-corrected chi connectivity index (χ1v) is 32.7. The van der Waals surface area contributed by atoms with E-state index in [9.17, 15) is 44.1 Å². The Morgan fingerprint density at radius 1 is 0.444 bits per heavy atom. The standard InChI is InChI=1S/C22H27ClNO3.2C22H28NO3.4C2H6.3Y/c23-19-9-6-8-18(16-19)17-21(26)13-12-20-10-7-11-22(27)24(20)14-4-2-1-3-5-15-25;2*24-17-8-3-1-2-7-16-23-20(12-9-13-22(23)26)14-15-21(25)18-19-10-5-4-6-11-19;4*1-2;;;/h2,4,6,8-9,12-13,16,20-21,26H,1,3,5,7,10-11,14,17H2;2*2,4-7,10-11,14-15,20-21,25H,1,3,8-9,12-13,16,18H2;4*1-2H3;;;/q3*-1;;;;;;;/t3*20-,21?;;;;;;;/m111......./s1. The molecule has 3 saturated heterocycles. The quantitative estimate of drug-likeness (QED) is 0.0334. The SMILES string of the molecule is CC.CC.CC.CC.O=[C-]CCCC=CCN1C(=O)CCC[C@@H]1C=CC(O)Cc1cccc(Cl)c1.O=[C-]CCCC=CCN1C(=O)CCC[C@@H]1C=CC(O)Cc1ccccc1.O=[C-]CCCC=CCN1C(=O)CCC[C@@H]1C=CC(O)Cc1ccccc1.[Y].[Y].[Y]. The molecule has 6 rings (SSSR count). The summed E-state index contributed by atoms with van der Waals surface area (Å²) in [5, 5.41) is 31.4. The zero-order valence-electron chi connectivity index (χ0n) is 55.7. The fourth-order valence-corrected chi connectivity index (χ4v) is 9.75. The predicted molar refractivity (Wildman–Crippen MR) is 360 cm³/mol. The molecule has 3 radical (unpaired) electrons. The molecule has 3 aromatic carbocycles. The van der Waals surface area contributed by atoms with E-state index < -0.39 is 18.3 Å². The third kappa shape index (κ3) is 44.6. The van der Waals surface area contributed by atoms with Crippen molar-refractivity contribution < 1.29 is 142 Å². The molecule has 16 heteroatoms. The zero-order valence-corrected chi connectivity index (χ0v) is 65.0. The Kier molecular flexibility index (Phi) is 67.1. The molecular formula is C74H107ClN3O9Y3-3. The Morgan fingerprint density at radius 3 is 1.02 bits per heavy atom. The number of allylic oxidation sites excluding steroid dienone is 3. The molecule has 0 spiro atoms. The first kappa shape index (κ1) is 93.4. The molecule has 0 aromatic heterocycles. The number of carbonyl (C=O) groups excluding carboxylic acids is 6. The van der Waals surface area contributed by atoms with Crippen molar-refractivity contribution in [2.75, 3.05) is 19.6 Å². The van der Waals surface area contributed by atoms with Gasteiger partial charge in [-0.15, -0.1) is 0 Å². The van der Waals surface area contributed by atoms with E-state index in [0.717, 1.165) is 93.7 Å². The first-order valence-electron chi connectivity index (χ1n) is 32.3. The Bertz CT molecular complexity index is 2330. The molecule has 0 aliphatic carbocycles. The molecule has 3 heterocycles. The van der Waals surface area contributed by atoms with Gasteiger partial charge in [0.2, 0.25) is 17.7 Å². The fraction of sp³-hybridized carbons (Fsp3) is 0.514. The molecule has 491 valence electrons. The second-order valence-corrected chi connectivity index (χ2v) is 20.5. The fourth-order valence-electron chi connectivity index (χ4n) is 9.54. The maximum Gasteiger partial charge on any atom is 0.223 e. The van der Waals surface area contributed by atoms with Gasteiger partial charge in [-0.2, -0.15) is 19.3 Å². The molecule has 3 aliphatic heterocycles. The third-order valence-corrected chi connectivity index (χ3v) is 14.0. The van der Waals surface area contributed by atoms with Gasteiger partial charge in [0.25, 0.3) is 0 Å². The number of hydrogen-bond donors (Lipinski definition) is 3. The van der Waals surface area contributed by atoms with Crippen molar-refractivity contribution in [1.29, 1.82) is 0 Å². The van der Waals surface area contributed by atoms with Gasteiger partial charge in [-0.05, 0) is 86.6 Å². The van der Waals surface area contributed by atoms with Gasteiger partial charge in [0.15, 0.2) is 0 Å². The summed E-state index contributed by atoms with van der Waals surface area (Å²) in [6, 6.07) is 27.3. The van der Waals surface area contributed by atoms with Crippen molar-refractivity contribution in [2.45, 2.75) is 227 Å². The van der Waals surface area contributed by atoms with Crippen LogP contribution in [0.2, 0.25) is 5.02 Å². The third-order valence-electron chi connectivity index (χ3n) is 13.8. The Labute approximate surface area is 624 Å². The van der Waals surface area contributed by atoms with Gasteiger partial charge in [0, 0.05) is 161 Å². The molecule has 3 fully saturated rings. The second-order valence-electron chi connectivity index (χ2n) is 20.1. The normalized spacial score (nSPS) is 17.2. The van der Waals surface area contributed by atoms with Crippen molar-refractivity contribution >= 4 is 48.2 Å². The summed E-state index contributed by atoms with van der Waals surface area (Å²) in [6.07, 6.45) is 42.2. The number of aliphatic hydroxyl groups excluding tert-OH is 3. The summed E-state index contributed by atoms with van der Waals surface area (Å²) in [4.78, 5) is 72.9. The summed E-state index contributed by atoms with van der Waals surface area (Å²) < 4.78 is 0. The van der Waals surface area contributed by atoms with Gasteiger partial charge in [-0.1, -0.05) is 232 Å². The van der Waals surface area contributed by atoms with Crippen molar-refractivity contribution in [1.82, 2.24) is 14.7 Å². The van der Waals surface area contributed by atoms with Gasteiger partial charge in [-0.25, -0.2) is 0 Å². The monoisotopic (exact) mass is 1480 g/mol. The van der Waals surface area contributed by atoms with Crippen molar-refractivity contribution in [2.24, 2.45) is 0 Å². The van der Waals surface area contributed by atoms with Crippen molar-refractivity contribution in [3.8, 4) is 0 Å². The Hall–Kier alpha value is -3.00. The van der Waals surface area contributed by atoms with Crippen LogP contribution in [0.4, 0.5) is 0 Å². The van der Waals surface area contributed by atoms with Gasteiger partial charge >= 0.3 is 0 Å². The van der Waals surface area contributed by atoms with E-state index in [1.807, 2.05) is 241 Å². The molecule has 12 nitrogen and oxygen atoms in total. The Balaban J connectivity index is -0.000000573. The maximum absolute atomic E-state index is 12.3. The average molecular weight is 1480 g/mol. The summed E-state index contributed by atoms with van der Waals surface area (Å²) in [7, 11) is 0. The number of aliphatic hydroxyl groups is 3. The van der Waals surface area contributed by atoms with E-state index >= 15 is 0 Å². The minimum absolute atomic E-state index is 0. The van der Waals surface area contributed by atoms with E-state index in [4.69, 9.17) is 11.6 Å². The summed E-state index contributed by atoms with van der Waals surface area (Å²) in [5.41, 5.74) is 3.17. The van der Waals surface area contributed by atoms with E-state index in [-0.39, 0.29) is 134 Å². The predicted octanol–water partition coefficient (Wildman–Crippen LogP) is 14.8. The summed E-state index contributed by atoms with van der Waals surface area (Å²) in [6.45, 7) is 17.7. The van der Waals surface area contributed by atoms with Gasteiger partial charge in [0.1, 0.15) is 0 Å². The van der Waals surface area contributed by atoms with E-state index in [1.54, 1.807) is 6.08 Å². The van der Waals surface area contributed by atoms with E-state index in [2.05, 4.69) is 0 Å². The molecule has 3 unspecified atom stereocenters. The maximum atomic E-state index is 12.3. The number of amides is 3. The number of rotatable bonds is 30. The molecule has 0 saturated carbocycles. The van der Waals surface area contributed by atoms with Crippen LogP contribution in [0.1, 0.15) is 188 Å². The molecular weight excluding hydrogens is 1380 g/mol. The van der Waals surface area contributed by atoms with Crippen LogP contribution >= 0.6 is 11.6 Å². The zero-order chi connectivity index (χ0) is 64.7. The first-order chi connectivity index (χ1) is 42.5. The number of hydrogen-bond acceptors (Lipinski definition) is 9. The largest absolute Gasteiger partial charge is 0.542 e. The van der Waals surface area contributed by atoms with Crippen LogP contribution in [0.15, 0.2) is 158 Å². The molecule has 6 atom stereocenters. The van der Waals surface area contributed by atoms with Crippen LogP contribution in [-0.4, -0.2) is 123 Å². The number of piperidine rings is 3. The molecule has 0 bridgehead atoms. The molecule has 3 aromatic rings. The smallest absolute Gasteiger partial charge is 0.223 e. The number of carbonyl (C=O) groups is 3. The van der Waals surface area contributed by atoms with Gasteiger partial charge < -0.3 is 44.4 Å². The molecule has 3 amide bonds. The van der Waals surface area contributed by atoms with E-state index in [1.165, 1.54) is 0 Å². The van der Waals surface area contributed by atoms with Crippen LogP contribution in [-0.2, 0) is 146 Å². The number of likely N-dealkylation sites (tertiary alicyclic amines) is 3. The van der Waals surface area contributed by atoms with Gasteiger partial charge in [0.05, 0.1) is 36.4 Å².